The van der Waals surface area contributed by atoms with E-state index in [9.17, 15) is 28.2 Å². The van der Waals surface area contributed by atoms with Gasteiger partial charge in [0.25, 0.3) is 0 Å². The lowest BCUT2D eigenvalue weighted by atomic mass is 9.90. The van der Waals surface area contributed by atoms with E-state index in [-0.39, 0.29) is 50.3 Å². The van der Waals surface area contributed by atoms with Crippen LogP contribution in [-0.4, -0.2) is 103 Å². The van der Waals surface area contributed by atoms with Gasteiger partial charge in [-0.3, -0.25) is 9.69 Å². The minimum atomic E-state index is -1.62. The van der Waals surface area contributed by atoms with Crippen molar-refractivity contribution in [3.05, 3.63) is 59.9 Å². The SMILES string of the molecule is COCC(=O)N1CCN(CC2(O)CCN(c3ccc(F)cc3)CC2)C[C@@](O)(COc2cccc(F)c2F)C1. The van der Waals surface area contributed by atoms with Crippen LogP contribution < -0.4 is 9.64 Å². The first-order valence-electron chi connectivity index (χ1n) is 12.6. The molecule has 2 aliphatic rings. The summed E-state index contributed by atoms with van der Waals surface area (Å²) >= 11 is 0. The van der Waals surface area contributed by atoms with Crippen molar-refractivity contribution in [2.75, 3.05) is 71.0 Å². The summed E-state index contributed by atoms with van der Waals surface area (Å²) < 4.78 is 51.5. The van der Waals surface area contributed by atoms with Gasteiger partial charge in [0, 0.05) is 52.1 Å². The second-order valence-electron chi connectivity index (χ2n) is 10.2. The number of rotatable bonds is 8. The fourth-order valence-corrected chi connectivity index (χ4v) is 5.11. The Kier molecular flexibility index (Phi) is 8.81. The molecule has 11 heteroatoms. The van der Waals surface area contributed by atoms with Crippen molar-refractivity contribution in [3.8, 4) is 5.75 Å². The quantitative estimate of drug-likeness (QED) is 0.533. The number of anilines is 1. The van der Waals surface area contributed by atoms with Crippen LogP contribution in [0, 0.1) is 17.5 Å². The first kappa shape index (κ1) is 28.2. The monoisotopic (exact) mass is 537 g/mol. The molecule has 0 unspecified atom stereocenters. The summed E-state index contributed by atoms with van der Waals surface area (Å²) in [7, 11) is 1.40. The zero-order valence-corrected chi connectivity index (χ0v) is 21.4. The first-order chi connectivity index (χ1) is 18.1. The van der Waals surface area contributed by atoms with Crippen molar-refractivity contribution >= 4 is 11.6 Å². The number of carbonyl (C=O) groups is 1. The van der Waals surface area contributed by atoms with Gasteiger partial charge in [-0.25, -0.2) is 8.78 Å². The molecular weight excluding hydrogens is 503 g/mol. The van der Waals surface area contributed by atoms with Crippen LogP contribution in [0.4, 0.5) is 18.9 Å². The molecule has 4 rings (SSSR count). The highest BCUT2D eigenvalue weighted by Gasteiger charge is 2.41. The van der Waals surface area contributed by atoms with Gasteiger partial charge in [-0.05, 0) is 49.2 Å². The molecule has 2 heterocycles. The third-order valence-electron chi connectivity index (χ3n) is 7.13. The number of benzene rings is 2. The minimum Gasteiger partial charge on any atom is -0.487 e. The second-order valence-corrected chi connectivity index (χ2v) is 10.2. The van der Waals surface area contributed by atoms with Gasteiger partial charge >= 0.3 is 0 Å². The number of piperidine rings is 1. The van der Waals surface area contributed by atoms with E-state index in [4.69, 9.17) is 9.47 Å². The number of hydrogen-bond donors (Lipinski definition) is 2. The molecule has 0 radical (unpaired) electrons. The predicted octanol–water partition coefficient (Wildman–Crippen LogP) is 2.04. The van der Waals surface area contributed by atoms with Crippen LogP contribution in [0.5, 0.6) is 5.75 Å². The number of halogens is 3. The predicted molar refractivity (Wildman–Crippen MR) is 134 cm³/mol. The highest BCUT2D eigenvalue weighted by Crippen LogP contribution is 2.29. The van der Waals surface area contributed by atoms with Gasteiger partial charge in [-0.1, -0.05) is 6.07 Å². The van der Waals surface area contributed by atoms with E-state index in [1.165, 1.54) is 36.3 Å². The van der Waals surface area contributed by atoms with Crippen LogP contribution in [0.1, 0.15) is 12.8 Å². The van der Waals surface area contributed by atoms with Gasteiger partial charge in [0.1, 0.15) is 24.6 Å². The van der Waals surface area contributed by atoms with Crippen LogP contribution in [0.2, 0.25) is 0 Å². The van der Waals surface area contributed by atoms with Crippen molar-refractivity contribution in [2.24, 2.45) is 0 Å². The van der Waals surface area contributed by atoms with Gasteiger partial charge in [0.2, 0.25) is 11.7 Å². The Morgan fingerprint density at radius 3 is 2.34 bits per heavy atom. The number of ether oxygens (including phenoxy) is 2. The van der Waals surface area contributed by atoms with Crippen molar-refractivity contribution in [3.63, 3.8) is 0 Å². The largest absolute Gasteiger partial charge is 0.487 e. The topological polar surface area (TPSA) is 85.7 Å². The Labute approximate surface area is 220 Å². The average molecular weight is 538 g/mol. The van der Waals surface area contributed by atoms with Crippen LogP contribution in [0.3, 0.4) is 0 Å². The smallest absolute Gasteiger partial charge is 0.248 e. The van der Waals surface area contributed by atoms with Gasteiger partial charge in [-0.15, -0.1) is 0 Å². The molecular formula is C27H34F3N3O5. The zero-order chi connectivity index (χ0) is 27.3. The number of carbonyl (C=O) groups excluding carboxylic acids is 1. The van der Waals surface area contributed by atoms with E-state index in [2.05, 4.69) is 4.90 Å². The summed E-state index contributed by atoms with van der Waals surface area (Å²) in [5.74, 6) is -3.19. The van der Waals surface area contributed by atoms with E-state index in [1.807, 2.05) is 4.90 Å². The molecule has 2 N–H and O–H groups in total. The van der Waals surface area contributed by atoms with Crippen molar-refractivity contribution in [1.29, 1.82) is 0 Å². The third kappa shape index (κ3) is 6.96. The maximum Gasteiger partial charge on any atom is 0.248 e. The number of methoxy groups -OCH3 is 1. The van der Waals surface area contributed by atoms with E-state index in [1.54, 1.807) is 12.1 Å². The molecule has 1 atom stereocenters. The molecule has 0 spiro atoms. The second kappa shape index (κ2) is 11.9. The van der Waals surface area contributed by atoms with Crippen molar-refractivity contribution in [2.45, 2.75) is 24.0 Å². The lowest BCUT2D eigenvalue weighted by molar-refractivity contribution is -0.138. The lowest BCUT2D eigenvalue weighted by Gasteiger charge is -2.42. The van der Waals surface area contributed by atoms with Crippen LogP contribution in [0.15, 0.2) is 42.5 Å². The Hall–Kier alpha value is -2.86. The van der Waals surface area contributed by atoms with Gasteiger partial charge in [-0.2, -0.15) is 4.39 Å². The van der Waals surface area contributed by atoms with Crippen molar-refractivity contribution < 1.29 is 37.7 Å². The molecule has 0 aromatic heterocycles. The standard InChI is InChI=1S/C27H34F3N3O5/c1-37-15-24(34)33-14-13-31(17-27(36,18-33)19-38-23-4-2-3-22(29)25(23)30)16-26(35)9-11-32(12-10-26)21-7-5-20(28)6-8-21/h2-8,35-36H,9-19H2,1H3/t27-/m0/s1. The summed E-state index contributed by atoms with van der Waals surface area (Å²) in [6.45, 7) is 1.45. The number of hydrogen-bond acceptors (Lipinski definition) is 7. The maximum absolute atomic E-state index is 14.1. The average Bonchev–Trinajstić information content (AvgIpc) is 3.04. The molecule has 2 fully saturated rings. The molecule has 38 heavy (non-hydrogen) atoms. The van der Waals surface area contributed by atoms with Crippen LogP contribution in [-0.2, 0) is 9.53 Å². The molecule has 2 aromatic rings. The first-order valence-corrected chi connectivity index (χ1v) is 12.6. The summed E-state index contributed by atoms with van der Waals surface area (Å²) in [6, 6.07) is 9.77. The van der Waals surface area contributed by atoms with E-state index >= 15 is 0 Å². The highest BCUT2D eigenvalue weighted by atomic mass is 19.2. The molecule has 2 saturated heterocycles. The highest BCUT2D eigenvalue weighted by molar-refractivity contribution is 5.77. The van der Waals surface area contributed by atoms with Crippen LogP contribution in [0.25, 0.3) is 0 Å². The summed E-state index contributed by atoms with van der Waals surface area (Å²) in [5.41, 5.74) is -1.78. The molecule has 8 nitrogen and oxygen atoms in total. The van der Waals surface area contributed by atoms with Gasteiger partial charge in [0.05, 0.1) is 12.1 Å². The number of nitrogens with zero attached hydrogens (tertiary/aromatic N) is 3. The molecule has 0 bridgehead atoms. The molecule has 2 aliphatic heterocycles. The maximum atomic E-state index is 14.1. The van der Waals surface area contributed by atoms with E-state index < -0.39 is 29.4 Å². The molecule has 0 saturated carbocycles. The number of aliphatic hydroxyl groups is 2. The number of amides is 1. The Bertz CT molecular complexity index is 1100. The van der Waals surface area contributed by atoms with Gasteiger partial charge in [0.15, 0.2) is 11.6 Å². The summed E-state index contributed by atoms with van der Waals surface area (Å²) in [4.78, 5) is 18.0. The fourth-order valence-electron chi connectivity index (χ4n) is 5.11. The van der Waals surface area contributed by atoms with E-state index in [0.29, 0.717) is 32.5 Å². The summed E-state index contributed by atoms with van der Waals surface area (Å²) in [6.07, 6.45) is 0.910. The van der Waals surface area contributed by atoms with Crippen LogP contribution >= 0.6 is 0 Å². The summed E-state index contributed by atoms with van der Waals surface area (Å²) in [5, 5.41) is 22.9. The molecule has 208 valence electrons. The normalized spacial score (nSPS) is 22.3. The molecule has 2 aromatic carbocycles. The Morgan fingerprint density at radius 2 is 1.66 bits per heavy atom. The van der Waals surface area contributed by atoms with Gasteiger partial charge < -0.3 is 29.5 Å². The third-order valence-corrected chi connectivity index (χ3v) is 7.13. The lowest BCUT2D eigenvalue weighted by Crippen LogP contribution is -2.56. The zero-order valence-electron chi connectivity index (χ0n) is 21.4. The number of β-amino-alcohol motifs (C(OH)–C–C–N with tert-alkyl or cyclic N) is 2. The van der Waals surface area contributed by atoms with Crippen molar-refractivity contribution in [1.82, 2.24) is 9.80 Å². The molecule has 1 amide bonds. The Morgan fingerprint density at radius 1 is 0.947 bits per heavy atom. The minimum absolute atomic E-state index is 0.0463. The van der Waals surface area contributed by atoms with E-state index in [0.717, 1.165) is 11.8 Å². The molecule has 0 aliphatic carbocycles. The Balaban J connectivity index is 1.44. The fraction of sp³-hybridized carbons (Fsp3) is 0.519.